The maximum absolute atomic E-state index is 9.88. The number of benzene rings is 1. The van der Waals surface area contributed by atoms with Gasteiger partial charge in [0.2, 0.25) is 0 Å². The fourth-order valence-corrected chi connectivity index (χ4v) is 2.73. The summed E-state index contributed by atoms with van der Waals surface area (Å²) in [4.78, 5) is 8.98. The van der Waals surface area contributed by atoms with Crippen molar-refractivity contribution in [1.29, 1.82) is 0 Å². The van der Waals surface area contributed by atoms with E-state index < -0.39 is 0 Å². The molecule has 1 aromatic heterocycles. The van der Waals surface area contributed by atoms with E-state index in [9.17, 15) is 5.11 Å². The first kappa shape index (κ1) is 16.2. The molecule has 0 atom stereocenters. The topological polar surface area (TPSA) is 46.0 Å². The Morgan fingerprint density at radius 2 is 1.76 bits per heavy atom. The third-order valence-corrected chi connectivity index (χ3v) is 4.57. The zero-order chi connectivity index (χ0) is 15.7. The Bertz CT molecular complexity index is 663. The third-order valence-electron chi connectivity index (χ3n) is 3.23. The van der Waals surface area contributed by atoms with Crippen LogP contribution in [0.2, 0.25) is 5.15 Å². The first-order valence-corrected chi connectivity index (χ1v) is 7.99. The molecule has 3 nitrogen and oxygen atoms in total. The van der Waals surface area contributed by atoms with Crippen molar-refractivity contribution in [2.24, 2.45) is 5.92 Å². The van der Waals surface area contributed by atoms with Crippen LogP contribution in [0.1, 0.15) is 30.7 Å². The van der Waals surface area contributed by atoms with Crippen molar-refractivity contribution in [3.63, 3.8) is 0 Å². The summed E-state index contributed by atoms with van der Waals surface area (Å²) >= 11 is 9.67. The van der Waals surface area contributed by atoms with Crippen LogP contribution in [0.3, 0.4) is 0 Å². The van der Waals surface area contributed by atoms with Crippen molar-refractivity contribution >= 4 is 27.5 Å². The highest BCUT2D eigenvalue weighted by Gasteiger charge is 2.14. The fourth-order valence-electron chi connectivity index (χ4n) is 2.20. The first-order chi connectivity index (χ1) is 9.79. The Labute approximate surface area is 138 Å². The van der Waals surface area contributed by atoms with Crippen molar-refractivity contribution in [3.05, 3.63) is 38.6 Å². The van der Waals surface area contributed by atoms with Gasteiger partial charge in [-0.1, -0.05) is 25.4 Å². The molecule has 2 rings (SSSR count). The molecular weight excluding hydrogens is 352 g/mol. The fraction of sp³-hybridized carbons (Fsp3) is 0.375. The van der Waals surface area contributed by atoms with Crippen molar-refractivity contribution in [2.45, 2.75) is 34.1 Å². The highest BCUT2D eigenvalue weighted by Crippen LogP contribution is 2.31. The second kappa shape index (κ2) is 6.32. The number of nitrogens with zero attached hydrogens (tertiary/aromatic N) is 2. The molecule has 0 fully saturated rings. The van der Waals surface area contributed by atoms with E-state index in [1.807, 2.05) is 26.0 Å². The molecule has 0 amide bonds. The summed E-state index contributed by atoms with van der Waals surface area (Å²) in [5.74, 6) is 1.37. The molecule has 0 aliphatic carbocycles. The summed E-state index contributed by atoms with van der Waals surface area (Å²) in [5, 5.41) is 10.3. The number of hydrogen-bond acceptors (Lipinski definition) is 3. The molecule has 0 aliphatic rings. The van der Waals surface area contributed by atoms with E-state index in [0.717, 1.165) is 33.3 Å². The summed E-state index contributed by atoms with van der Waals surface area (Å²) in [7, 11) is 0. The van der Waals surface area contributed by atoms with E-state index in [0.29, 0.717) is 22.6 Å². The van der Waals surface area contributed by atoms with Crippen molar-refractivity contribution in [1.82, 2.24) is 9.97 Å². The summed E-state index contributed by atoms with van der Waals surface area (Å²) in [6, 6.07) is 3.75. The van der Waals surface area contributed by atoms with Gasteiger partial charge in [-0.2, -0.15) is 0 Å². The lowest BCUT2D eigenvalue weighted by atomic mass is 10.0. The average molecular weight is 370 g/mol. The van der Waals surface area contributed by atoms with Gasteiger partial charge in [0.05, 0.1) is 10.2 Å². The molecule has 1 heterocycles. The lowest BCUT2D eigenvalue weighted by molar-refractivity contribution is 0.467. The first-order valence-electron chi connectivity index (χ1n) is 6.82. The molecule has 2 aromatic rings. The van der Waals surface area contributed by atoms with Gasteiger partial charge in [-0.25, -0.2) is 9.97 Å². The van der Waals surface area contributed by atoms with Gasteiger partial charge in [0.1, 0.15) is 10.9 Å². The lowest BCUT2D eigenvalue weighted by Gasteiger charge is -2.12. The smallest absolute Gasteiger partial charge is 0.161 e. The summed E-state index contributed by atoms with van der Waals surface area (Å²) in [6.45, 7) is 8.00. The maximum atomic E-state index is 9.88. The Morgan fingerprint density at radius 3 is 2.29 bits per heavy atom. The molecule has 21 heavy (non-hydrogen) atoms. The van der Waals surface area contributed by atoms with Gasteiger partial charge < -0.3 is 5.11 Å². The van der Waals surface area contributed by atoms with Crippen LogP contribution in [0, 0.1) is 19.8 Å². The minimum absolute atomic E-state index is 0.310. The molecule has 0 spiro atoms. The van der Waals surface area contributed by atoms with E-state index >= 15 is 0 Å². The second-order valence-corrected chi connectivity index (χ2v) is 6.81. The number of phenols is 1. The highest BCUT2D eigenvalue weighted by atomic mass is 79.9. The Balaban J connectivity index is 2.57. The highest BCUT2D eigenvalue weighted by molar-refractivity contribution is 9.10. The molecule has 0 aliphatic heterocycles. The minimum atomic E-state index is 0.310. The van der Waals surface area contributed by atoms with Crippen molar-refractivity contribution < 1.29 is 5.11 Å². The van der Waals surface area contributed by atoms with Crippen LogP contribution in [0.15, 0.2) is 16.6 Å². The van der Waals surface area contributed by atoms with E-state index in [-0.39, 0.29) is 0 Å². The van der Waals surface area contributed by atoms with Crippen LogP contribution in [-0.4, -0.2) is 15.1 Å². The SMILES string of the molecule is Cc1cc(-c2nc(Cl)c(Br)c(CC(C)C)n2)cc(C)c1O. The monoisotopic (exact) mass is 368 g/mol. The second-order valence-electron chi connectivity index (χ2n) is 5.66. The van der Waals surface area contributed by atoms with Crippen LogP contribution >= 0.6 is 27.5 Å². The molecule has 1 aromatic carbocycles. The number of phenolic OH excluding ortho intramolecular Hbond substituents is 1. The van der Waals surface area contributed by atoms with Crippen LogP contribution in [0.5, 0.6) is 5.75 Å². The van der Waals surface area contributed by atoms with Gasteiger partial charge in [0, 0.05) is 5.56 Å². The lowest BCUT2D eigenvalue weighted by Crippen LogP contribution is -2.03. The summed E-state index contributed by atoms with van der Waals surface area (Å²) < 4.78 is 0.758. The largest absolute Gasteiger partial charge is 0.507 e. The molecule has 112 valence electrons. The Kier molecular flexibility index (Phi) is 4.89. The minimum Gasteiger partial charge on any atom is -0.507 e. The van der Waals surface area contributed by atoms with Gasteiger partial charge in [0.25, 0.3) is 0 Å². The molecule has 0 saturated carbocycles. The predicted molar refractivity (Wildman–Crippen MR) is 89.9 cm³/mol. The molecular formula is C16H18BrClN2O. The maximum Gasteiger partial charge on any atom is 0.161 e. The summed E-state index contributed by atoms with van der Waals surface area (Å²) in [5.41, 5.74) is 3.38. The van der Waals surface area contributed by atoms with E-state index in [1.54, 1.807) is 0 Å². The number of aromatic nitrogens is 2. The predicted octanol–water partition coefficient (Wildman–Crippen LogP) is 5.08. The molecule has 0 bridgehead atoms. The number of aromatic hydroxyl groups is 1. The van der Waals surface area contributed by atoms with Crippen LogP contribution in [0.4, 0.5) is 0 Å². The van der Waals surface area contributed by atoms with Crippen LogP contribution in [0.25, 0.3) is 11.4 Å². The number of rotatable bonds is 3. The molecule has 1 N–H and O–H groups in total. The summed E-state index contributed by atoms with van der Waals surface area (Å²) in [6.07, 6.45) is 0.825. The van der Waals surface area contributed by atoms with Crippen molar-refractivity contribution in [3.8, 4) is 17.1 Å². The third kappa shape index (κ3) is 3.55. The van der Waals surface area contributed by atoms with Gasteiger partial charge in [-0.15, -0.1) is 0 Å². The number of halogens is 2. The number of hydrogen-bond donors (Lipinski definition) is 1. The van der Waals surface area contributed by atoms with E-state index in [4.69, 9.17) is 11.6 Å². The van der Waals surface area contributed by atoms with Crippen molar-refractivity contribution in [2.75, 3.05) is 0 Å². The Morgan fingerprint density at radius 1 is 1.19 bits per heavy atom. The van der Waals surface area contributed by atoms with Gasteiger partial charge in [-0.05, 0) is 65.4 Å². The molecule has 0 radical (unpaired) electrons. The average Bonchev–Trinajstić information content (AvgIpc) is 2.39. The molecule has 0 unspecified atom stereocenters. The Hall–Kier alpha value is -1.13. The van der Waals surface area contributed by atoms with E-state index in [2.05, 4.69) is 39.7 Å². The quantitative estimate of drug-likeness (QED) is 0.767. The van der Waals surface area contributed by atoms with Gasteiger partial charge in [0.15, 0.2) is 5.82 Å². The van der Waals surface area contributed by atoms with Gasteiger partial charge in [-0.3, -0.25) is 0 Å². The molecule has 0 saturated heterocycles. The normalized spacial score (nSPS) is 11.2. The standard InChI is InChI=1S/C16H18BrClN2O/c1-8(2)5-12-13(17)15(18)20-16(19-12)11-6-9(3)14(21)10(4)7-11/h6-8,21H,5H2,1-4H3. The zero-order valence-corrected chi connectivity index (χ0v) is 14.9. The molecule has 5 heteroatoms. The van der Waals surface area contributed by atoms with Crippen LogP contribution in [-0.2, 0) is 6.42 Å². The van der Waals surface area contributed by atoms with E-state index in [1.165, 1.54) is 0 Å². The zero-order valence-electron chi connectivity index (χ0n) is 12.5. The van der Waals surface area contributed by atoms with Gasteiger partial charge >= 0.3 is 0 Å². The number of aryl methyl sites for hydroxylation is 2. The van der Waals surface area contributed by atoms with Crippen LogP contribution < -0.4 is 0 Å².